The summed E-state index contributed by atoms with van der Waals surface area (Å²) in [7, 11) is 1.33. The Morgan fingerprint density at radius 1 is 1.03 bits per heavy atom. The molecule has 1 aromatic heterocycles. The van der Waals surface area contributed by atoms with Gasteiger partial charge in [-0.1, -0.05) is 48.5 Å². The third-order valence-electron chi connectivity index (χ3n) is 5.52. The van der Waals surface area contributed by atoms with Crippen LogP contribution < -0.4 is 11.5 Å². The van der Waals surface area contributed by atoms with Gasteiger partial charge in [0.25, 0.3) is 0 Å². The standard InChI is InChI=1S/C26H24N4O4/c1-34-22(31)14-20(27)15-7-10-18(11-8-15)29-24(16-5-3-2-4-6-16)23-19-12-9-17(25(28)32)13-21(19)30-26(23)33/h2-13,20,30,33H,14,27H2,1H3,(H2,28,32). The molecule has 34 heavy (non-hydrogen) atoms. The van der Waals surface area contributed by atoms with Crippen LogP contribution in [0.25, 0.3) is 10.9 Å². The lowest BCUT2D eigenvalue weighted by Gasteiger charge is -2.11. The Hall–Kier alpha value is -4.43. The van der Waals surface area contributed by atoms with Gasteiger partial charge >= 0.3 is 5.97 Å². The van der Waals surface area contributed by atoms with Gasteiger partial charge in [-0.3, -0.25) is 9.59 Å². The Balaban J connectivity index is 1.79. The van der Waals surface area contributed by atoms with E-state index in [0.717, 1.165) is 11.1 Å². The number of aromatic amines is 1. The Morgan fingerprint density at radius 2 is 1.74 bits per heavy atom. The first-order valence-corrected chi connectivity index (χ1v) is 10.6. The van der Waals surface area contributed by atoms with Crippen molar-refractivity contribution in [3.63, 3.8) is 0 Å². The summed E-state index contributed by atoms with van der Waals surface area (Å²) in [6.07, 6.45) is 0.0743. The van der Waals surface area contributed by atoms with Crippen LogP contribution in [0.4, 0.5) is 5.69 Å². The highest BCUT2D eigenvalue weighted by atomic mass is 16.5. The number of esters is 1. The molecule has 0 aliphatic heterocycles. The minimum atomic E-state index is -0.556. The molecule has 1 heterocycles. The molecule has 0 aliphatic carbocycles. The maximum Gasteiger partial charge on any atom is 0.307 e. The van der Waals surface area contributed by atoms with Gasteiger partial charge in [0.2, 0.25) is 5.91 Å². The lowest BCUT2D eigenvalue weighted by Crippen LogP contribution is -2.16. The number of fused-ring (bicyclic) bond motifs is 1. The highest BCUT2D eigenvalue weighted by molar-refractivity contribution is 6.22. The molecule has 4 rings (SSSR count). The van der Waals surface area contributed by atoms with Crippen molar-refractivity contribution < 1.29 is 19.4 Å². The molecule has 0 bridgehead atoms. The molecule has 0 saturated heterocycles. The van der Waals surface area contributed by atoms with E-state index in [4.69, 9.17) is 16.5 Å². The summed E-state index contributed by atoms with van der Waals surface area (Å²) in [5.74, 6) is -1.01. The van der Waals surface area contributed by atoms with E-state index >= 15 is 0 Å². The monoisotopic (exact) mass is 456 g/mol. The number of benzene rings is 3. The molecular formula is C26H24N4O4. The number of methoxy groups -OCH3 is 1. The van der Waals surface area contributed by atoms with Crippen LogP contribution in [0.15, 0.2) is 77.8 Å². The molecule has 172 valence electrons. The van der Waals surface area contributed by atoms with E-state index in [1.54, 1.807) is 30.3 Å². The number of H-pyrrole nitrogens is 1. The normalized spacial score (nSPS) is 12.5. The second-order valence-electron chi connectivity index (χ2n) is 7.78. The van der Waals surface area contributed by atoms with Crippen molar-refractivity contribution in [1.82, 2.24) is 4.98 Å². The lowest BCUT2D eigenvalue weighted by atomic mass is 9.99. The van der Waals surface area contributed by atoms with Gasteiger partial charge in [0.1, 0.15) is 0 Å². The predicted molar refractivity (Wildman–Crippen MR) is 130 cm³/mol. The second kappa shape index (κ2) is 9.60. The Bertz CT molecular complexity index is 1380. The summed E-state index contributed by atoms with van der Waals surface area (Å²) in [5, 5.41) is 11.5. The number of nitrogens with two attached hydrogens (primary N) is 2. The molecule has 3 aromatic carbocycles. The van der Waals surface area contributed by atoms with Crippen LogP contribution in [0.3, 0.4) is 0 Å². The molecule has 0 fully saturated rings. The number of ether oxygens (including phenoxy) is 1. The molecular weight excluding hydrogens is 432 g/mol. The maximum atomic E-state index is 11.6. The first-order valence-electron chi connectivity index (χ1n) is 10.6. The van der Waals surface area contributed by atoms with Crippen LogP contribution >= 0.6 is 0 Å². The Kier molecular flexibility index (Phi) is 6.42. The number of carbonyl (C=O) groups is 2. The lowest BCUT2D eigenvalue weighted by molar-refractivity contribution is -0.141. The summed E-state index contributed by atoms with van der Waals surface area (Å²) < 4.78 is 4.68. The Labute approximate surface area is 195 Å². The van der Waals surface area contributed by atoms with Gasteiger partial charge < -0.3 is 26.3 Å². The van der Waals surface area contributed by atoms with E-state index in [1.807, 2.05) is 42.5 Å². The summed E-state index contributed by atoms with van der Waals surface area (Å²) in [6.45, 7) is 0. The van der Waals surface area contributed by atoms with E-state index in [0.29, 0.717) is 33.4 Å². The predicted octanol–water partition coefficient (Wildman–Crippen LogP) is 3.70. The summed E-state index contributed by atoms with van der Waals surface area (Å²) >= 11 is 0. The van der Waals surface area contributed by atoms with Crippen molar-refractivity contribution in [2.45, 2.75) is 12.5 Å². The van der Waals surface area contributed by atoms with E-state index in [-0.39, 0.29) is 18.3 Å². The fraction of sp³-hybridized carbons (Fsp3) is 0.115. The zero-order valence-electron chi connectivity index (χ0n) is 18.5. The smallest absolute Gasteiger partial charge is 0.307 e. The first-order chi connectivity index (χ1) is 16.4. The molecule has 0 aliphatic rings. The highest BCUT2D eigenvalue weighted by Crippen LogP contribution is 2.32. The summed E-state index contributed by atoms with van der Waals surface area (Å²) in [6, 6.07) is 21.1. The number of hydrogen-bond acceptors (Lipinski definition) is 6. The van der Waals surface area contributed by atoms with Crippen LogP contribution in [0.2, 0.25) is 0 Å². The number of amides is 1. The summed E-state index contributed by atoms with van der Waals surface area (Å²) in [4.78, 5) is 30.8. The molecule has 4 aromatic rings. The van der Waals surface area contributed by atoms with Crippen LogP contribution in [-0.2, 0) is 9.53 Å². The van der Waals surface area contributed by atoms with Gasteiger partial charge in [0.05, 0.1) is 30.5 Å². The fourth-order valence-electron chi connectivity index (χ4n) is 3.74. The average Bonchev–Trinajstić information content (AvgIpc) is 3.17. The molecule has 1 atom stereocenters. The minimum Gasteiger partial charge on any atom is -0.494 e. The SMILES string of the molecule is COC(=O)CC(N)c1ccc(N=C(c2ccccc2)c2c(O)[nH]c3cc(C(N)=O)ccc23)cc1. The first kappa shape index (κ1) is 22.8. The van der Waals surface area contributed by atoms with Crippen LogP contribution in [0.1, 0.15) is 39.5 Å². The number of rotatable bonds is 7. The fourth-order valence-corrected chi connectivity index (χ4v) is 3.74. The van der Waals surface area contributed by atoms with Crippen molar-refractivity contribution in [3.8, 4) is 5.88 Å². The zero-order chi connectivity index (χ0) is 24.2. The molecule has 0 radical (unpaired) electrons. The minimum absolute atomic E-state index is 0.0732. The molecule has 0 spiro atoms. The maximum absolute atomic E-state index is 11.6. The van der Waals surface area contributed by atoms with E-state index in [1.165, 1.54) is 7.11 Å². The number of aliphatic imine (C=N–C) groups is 1. The third-order valence-corrected chi connectivity index (χ3v) is 5.52. The van der Waals surface area contributed by atoms with Crippen LogP contribution in [0.5, 0.6) is 5.88 Å². The molecule has 1 unspecified atom stereocenters. The van der Waals surface area contributed by atoms with Crippen molar-refractivity contribution >= 4 is 34.2 Å². The number of carbonyl (C=O) groups excluding carboxylic acids is 2. The second-order valence-corrected chi connectivity index (χ2v) is 7.78. The average molecular weight is 457 g/mol. The number of nitrogens with one attached hydrogen (secondary N) is 1. The number of aromatic nitrogens is 1. The van der Waals surface area contributed by atoms with Gasteiger partial charge in [-0.05, 0) is 29.8 Å². The third kappa shape index (κ3) is 4.67. The van der Waals surface area contributed by atoms with Crippen LogP contribution in [-0.4, -0.2) is 34.8 Å². The number of nitrogens with zero attached hydrogens (tertiary/aromatic N) is 1. The van der Waals surface area contributed by atoms with Gasteiger partial charge in [0.15, 0.2) is 5.88 Å². The van der Waals surface area contributed by atoms with Gasteiger partial charge in [-0.25, -0.2) is 4.99 Å². The van der Waals surface area contributed by atoms with Gasteiger partial charge in [-0.2, -0.15) is 0 Å². The van der Waals surface area contributed by atoms with E-state index in [2.05, 4.69) is 9.72 Å². The van der Waals surface area contributed by atoms with Gasteiger partial charge in [-0.15, -0.1) is 0 Å². The number of primary amides is 1. The van der Waals surface area contributed by atoms with Crippen molar-refractivity contribution in [3.05, 3.63) is 95.1 Å². The highest BCUT2D eigenvalue weighted by Gasteiger charge is 2.19. The molecule has 6 N–H and O–H groups in total. The number of aromatic hydroxyl groups is 1. The topological polar surface area (TPSA) is 144 Å². The van der Waals surface area contributed by atoms with Crippen molar-refractivity contribution in [2.75, 3.05) is 7.11 Å². The summed E-state index contributed by atoms with van der Waals surface area (Å²) in [5.41, 5.74) is 15.6. The zero-order valence-corrected chi connectivity index (χ0v) is 18.5. The van der Waals surface area contributed by atoms with Crippen molar-refractivity contribution in [2.24, 2.45) is 16.5 Å². The molecule has 0 saturated carbocycles. The molecule has 1 amide bonds. The van der Waals surface area contributed by atoms with Crippen molar-refractivity contribution in [1.29, 1.82) is 0 Å². The number of hydrogen-bond donors (Lipinski definition) is 4. The quantitative estimate of drug-likeness (QED) is 0.248. The van der Waals surface area contributed by atoms with E-state index < -0.39 is 11.9 Å². The van der Waals surface area contributed by atoms with E-state index in [9.17, 15) is 14.7 Å². The Morgan fingerprint density at radius 3 is 2.38 bits per heavy atom. The van der Waals surface area contributed by atoms with Crippen LogP contribution in [0, 0.1) is 0 Å². The largest absolute Gasteiger partial charge is 0.494 e. The molecule has 8 heteroatoms. The van der Waals surface area contributed by atoms with Gasteiger partial charge in [0, 0.05) is 28.1 Å². The molecule has 8 nitrogen and oxygen atoms in total.